The summed E-state index contributed by atoms with van der Waals surface area (Å²) in [5.74, 6) is 0.0913. The number of aromatic nitrogens is 1. The van der Waals surface area contributed by atoms with E-state index in [-0.39, 0.29) is 5.78 Å². The maximum atomic E-state index is 11.3. The van der Waals surface area contributed by atoms with E-state index >= 15 is 0 Å². The average Bonchev–Trinajstić information content (AvgIpc) is 2.63. The van der Waals surface area contributed by atoms with E-state index in [1.165, 1.54) is 10.9 Å². The maximum absolute atomic E-state index is 11.3. The van der Waals surface area contributed by atoms with E-state index in [1.54, 1.807) is 6.92 Å². The molecule has 0 fully saturated rings. The van der Waals surface area contributed by atoms with Crippen molar-refractivity contribution in [2.24, 2.45) is 0 Å². The van der Waals surface area contributed by atoms with Crippen LogP contribution in [0.4, 0.5) is 0 Å². The third-order valence-corrected chi connectivity index (χ3v) is 2.65. The monoisotopic (exact) mass is 201 g/mol. The molecule has 1 heterocycles. The second-order valence-electron chi connectivity index (χ2n) is 3.87. The molecule has 78 valence electrons. The summed E-state index contributed by atoms with van der Waals surface area (Å²) >= 11 is 0. The van der Waals surface area contributed by atoms with E-state index in [0.717, 1.165) is 18.4 Å². The zero-order valence-electron chi connectivity index (χ0n) is 9.13. The first-order valence-corrected chi connectivity index (χ1v) is 5.34. The minimum Gasteiger partial charge on any atom is -0.352 e. The largest absolute Gasteiger partial charge is 0.352 e. The predicted molar refractivity (Wildman–Crippen MR) is 62.3 cm³/mol. The lowest BCUT2D eigenvalue weighted by molar-refractivity contribution is 0.101. The standard InChI is InChI=1S/C13H15NO/c1-3-5-10-6-4-7-12-11(10)8-13(14-12)9(2)15/h4,6-8,14H,3,5H2,1-2H3. The smallest absolute Gasteiger partial charge is 0.175 e. The summed E-state index contributed by atoms with van der Waals surface area (Å²) in [5.41, 5.74) is 3.08. The Hall–Kier alpha value is -1.57. The molecule has 0 bridgehead atoms. The summed E-state index contributed by atoms with van der Waals surface area (Å²) in [5, 5.41) is 1.18. The van der Waals surface area contributed by atoms with Crippen molar-refractivity contribution >= 4 is 16.7 Å². The van der Waals surface area contributed by atoms with Crippen LogP contribution in [0.2, 0.25) is 0 Å². The molecule has 0 amide bonds. The topological polar surface area (TPSA) is 32.9 Å². The number of hydrogen-bond donors (Lipinski definition) is 1. The van der Waals surface area contributed by atoms with Gasteiger partial charge in [-0.15, -0.1) is 0 Å². The summed E-state index contributed by atoms with van der Waals surface area (Å²) < 4.78 is 0. The van der Waals surface area contributed by atoms with Crippen molar-refractivity contribution in [3.63, 3.8) is 0 Å². The molecule has 0 saturated carbocycles. The lowest BCUT2D eigenvalue weighted by Crippen LogP contribution is -1.89. The molecule has 0 unspecified atom stereocenters. The lowest BCUT2D eigenvalue weighted by Gasteiger charge is -1.99. The van der Waals surface area contributed by atoms with Gasteiger partial charge in [-0.1, -0.05) is 25.5 Å². The van der Waals surface area contributed by atoms with Gasteiger partial charge in [-0.3, -0.25) is 4.79 Å². The molecule has 15 heavy (non-hydrogen) atoms. The number of aryl methyl sites for hydroxylation is 1. The number of rotatable bonds is 3. The summed E-state index contributed by atoms with van der Waals surface area (Å²) in [4.78, 5) is 14.4. The van der Waals surface area contributed by atoms with Crippen LogP contribution in [0.5, 0.6) is 0 Å². The Morgan fingerprint density at radius 3 is 2.87 bits per heavy atom. The Kier molecular flexibility index (Phi) is 2.58. The summed E-state index contributed by atoms with van der Waals surface area (Å²) in [6, 6.07) is 8.14. The molecular formula is C13H15NO. The van der Waals surface area contributed by atoms with E-state index in [9.17, 15) is 4.79 Å². The van der Waals surface area contributed by atoms with Crippen LogP contribution in [0.1, 0.15) is 36.3 Å². The number of ketones is 1. The van der Waals surface area contributed by atoms with Crippen LogP contribution in [0, 0.1) is 0 Å². The summed E-state index contributed by atoms with van der Waals surface area (Å²) in [6.07, 6.45) is 2.19. The molecule has 0 saturated heterocycles. The van der Waals surface area contributed by atoms with Crippen molar-refractivity contribution in [1.82, 2.24) is 4.98 Å². The predicted octanol–water partition coefficient (Wildman–Crippen LogP) is 3.32. The maximum Gasteiger partial charge on any atom is 0.175 e. The first kappa shape index (κ1) is 9.97. The zero-order chi connectivity index (χ0) is 10.8. The van der Waals surface area contributed by atoms with Gasteiger partial charge in [0.05, 0.1) is 5.69 Å². The molecule has 0 radical (unpaired) electrons. The highest BCUT2D eigenvalue weighted by Gasteiger charge is 2.07. The molecule has 2 aromatic rings. The molecule has 1 N–H and O–H groups in total. The third-order valence-electron chi connectivity index (χ3n) is 2.65. The second-order valence-corrected chi connectivity index (χ2v) is 3.87. The number of carbonyl (C=O) groups excluding carboxylic acids is 1. The molecule has 2 nitrogen and oxygen atoms in total. The molecule has 2 heteroatoms. The molecule has 0 aliphatic rings. The van der Waals surface area contributed by atoms with E-state index in [1.807, 2.05) is 18.2 Å². The van der Waals surface area contributed by atoms with Gasteiger partial charge in [0.15, 0.2) is 5.78 Å². The minimum atomic E-state index is 0.0913. The Bertz CT molecular complexity index is 496. The van der Waals surface area contributed by atoms with E-state index in [4.69, 9.17) is 0 Å². The summed E-state index contributed by atoms with van der Waals surface area (Å²) in [6.45, 7) is 3.75. The van der Waals surface area contributed by atoms with Gasteiger partial charge in [-0.25, -0.2) is 0 Å². The van der Waals surface area contributed by atoms with Crippen molar-refractivity contribution in [2.75, 3.05) is 0 Å². The number of carbonyl (C=O) groups is 1. The van der Waals surface area contributed by atoms with Crippen molar-refractivity contribution in [3.05, 3.63) is 35.5 Å². The van der Waals surface area contributed by atoms with Crippen molar-refractivity contribution in [2.45, 2.75) is 26.7 Å². The minimum absolute atomic E-state index is 0.0913. The highest BCUT2D eigenvalue weighted by atomic mass is 16.1. The van der Waals surface area contributed by atoms with E-state index in [2.05, 4.69) is 18.0 Å². The van der Waals surface area contributed by atoms with Crippen LogP contribution in [0.15, 0.2) is 24.3 Å². The van der Waals surface area contributed by atoms with Crippen LogP contribution in [0.3, 0.4) is 0 Å². The number of benzene rings is 1. The van der Waals surface area contributed by atoms with Crippen molar-refractivity contribution < 1.29 is 4.79 Å². The van der Waals surface area contributed by atoms with Crippen LogP contribution in [-0.4, -0.2) is 10.8 Å². The Morgan fingerprint density at radius 2 is 2.20 bits per heavy atom. The molecule has 1 aromatic heterocycles. The molecule has 0 aliphatic carbocycles. The van der Waals surface area contributed by atoms with Crippen molar-refractivity contribution in [3.8, 4) is 0 Å². The molecule has 0 atom stereocenters. The molecular weight excluding hydrogens is 186 g/mol. The first-order chi connectivity index (χ1) is 7.22. The van der Waals surface area contributed by atoms with Gasteiger partial charge in [-0.2, -0.15) is 0 Å². The highest BCUT2D eigenvalue weighted by molar-refractivity contribution is 5.98. The lowest BCUT2D eigenvalue weighted by atomic mass is 10.1. The Morgan fingerprint density at radius 1 is 1.40 bits per heavy atom. The highest BCUT2D eigenvalue weighted by Crippen LogP contribution is 2.21. The van der Waals surface area contributed by atoms with Crippen LogP contribution >= 0.6 is 0 Å². The number of Topliss-reactive ketones (excluding diaryl/α,β-unsaturated/α-hetero) is 1. The van der Waals surface area contributed by atoms with Gasteiger partial charge >= 0.3 is 0 Å². The number of aromatic amines is 1. The Balaban J connectivity index is 2.59. The van der Waals surface area contributed by atoms with Crippen LogP contribution < -0.4 is 0 Å². The molecule has 0 spiro atoms. The Labute approximate surface area is 89.3 Å². The van der Waals surface area contributed by atoms with Gasteiger partial charge in [0, 0.05) is 17.8 Å². The van der Waals surface area contributed by atoms with Gasteiger partial charge in [0.25, 0.3) is 0 Å². The van der Waals surface area contributed by atoms with E-state index < -0.39 is 0 Å². The third kappa shape index (κ3) is 1.80. The van der Waals surface area contributed by atoms with E-state index in [0.29, 0.717) is 5.69 Å². The second kappa shape index (κ2) is 3.89. The molecule has 2 rings (SSSR count). The number of fused-ring (bicyclic) bond motifs is 1. The van der Waals surface area contributed by atoms with Crippen LogP contribution in [-0.2, 0) is 6.42 Å². The fourth-order valence-electron chi connectivity index (χ4n) is 1.89. The zero-order valence-corrected chi connectivity index (χ0v) is 9.13. The van der Waals surface area contributed by atoms with Crippen LogP contribution in [0.25, 0.3) is 10.9 Å². The number of nitrogens with one attached hydrogen (secondary N) is 1. The molecule has 0 aliphatic heterocycles. The number of hydrogen-bond acceptors (Lipinski definition) is 1. The fourth-order valence-corrected chi connectivity index (χ4v) is 1.89. The SMILES string of the molecule is CCCc1cccc2[nH]c(C(C)=O)cc12. The molecule has 1 aromatic carbocycles. The van der Waals surface area contributed by atoms with Gasteiger partial charge in [0.2, 0.25) is 0 Å². The van der Waals surface area contributed by atoms with Gasteiger partial charge in [0.1, 0.15) is 0 Å². The van der Waals surface area contributed by atoms with Gasteiger partial charge in [-0.05, 0) is 24.1 Å². The average molecular weight is 201 g/mol. The van der Waals surface area contributed by atoms with Gasteiger partial charge < -0.3 is 4.98 Å². The fraction of sp³-hybridized carbons (Fsp3) is 0.308. The summed E-state index contributed by atoms with van der Waals surface area (Å²) in [7, 11) is 0. The normalized spacial score (nSPS) is 10.8. The first-order valence-electron chi connectivity index (χ1n) is 5.34. The quantitative estimate of drug-likeness (QED) is 0.759. The van der Waals surface area contributed by atoms with Crippen molar-refractivity contribution in [1.29, 1.82) is 0 Å². The number of H-pyrrole nitrogens is 1.